The smallest absolute Gasteiger partial charge is 0.272 e. The van der Waals surface area contributed by atoms with Crippen molar-refractivity contribution in [2.24, 2.45) is 0 Å². The zero-order valence-electron chi connectivity index (χ0n) is 16.5. The number of aryl methyl sites for hydroxylation is 2. The molecule has 29 heavy (non-hydrogen) atoms. The van der Waals surface area contributed by atoms with E-state index in [0.29, 0.717) is 17.2 Å². The summed E-state index contributed by atoms with van der Waals surface area (Å²) in [5.41, 5.74) is 3.93. The number of nitrogens with zero attached hydrogens (tertiary/aromatic N) is 3. The zero-order chi connectivity index (χ0) is 20.4. The maximum absolute atomic E-state index is 12.5. The summed E-state index contributed by atoms with van der Waals surface area (Å²) in [6.45, 7) is 6.05. The molecule has 0 bridgehead atoms. The van der Waals surface area contributed by atoms with Gasteiger partial charge in [0.05, 0.1) is 0 Å². The highest BCUT2D eigenvalue weighted by molar-refractivity contribution is 5.92. The van der Waals surface area contributed by atoms with Gasteiger partial charge in [0, 0.05) is 6.20 Å². The fraction of sp³-hybridized carbons (Fsp3) is 0.227. The van der Waals surface area contributed by atoms with E-state index in [-0.39, 0.29) is 18.7 Å². The lowest BCUT2D eigenvalue weighted by Gasteiger charge is -2.10. The summed E-state index contributed by atoms with van der Waals surface area (Å²) in [5, 5.41) is 7.16. The normalized spacial score (nSPS) is 12.1. The van der Waals surface area contributed by atoms with Crippen LogP contribution in [0.15, 0.2) is 59.1 Å². The highest BCUT2D eigenvalue weighted by Crippen LogP contribution is 2.21. The maximum atomic E-state index is 12.5. The van der Waals surface area contributed by atoms with Crippen LogP contribution >= 0.6 is 0 Å². The Labute approximate surface area is 168 Å². The van der Waals surface area contributed by atoms with Crippen molar-refractivity contribution in [2.45, 2.75) is 33.5 Å². The summed E-state index contributed by atoms with van der Waals surface area (Å²) < 4.78 is 13.1. The molecule has 0 aliphatic heterocycles. The van der Waals surface area contributed by atoms with Crippen molar-refractivity contribution < 1.29 is 13.9 Å². The van der Waals surface area contributed by atoms with Gasteiger partial charge in [0.15, 0.2) is 12.3 Å². The molecule has 0 radical (unpaired) electrons. The molecule has 0 spiro atoms. The number of fused-ring (bicyclic) bond motifs is 1. The van der Waals surface area contributed by atoms with E-state index >= 15 is 0 Å². The molecule has 0 saturated heterocycles. The van der Waals surface area contributed by atoms with Gasteiger partial charge >= 0.3 is 0 Å². The van der Waals surface area contributed by atoms with Gasteiger partial charge in [-0.25, -0.2) is 9.67 Å². The first-order valence-electron chi connectivity index (χ1n) is 9.39. The second-order valence-corrected chi connectivity index (χ2v) is 7.00. The number of amides is 1. The van der Waals surface area contributed by atoms with Gasteiger partial charge in [-0.3, -0.25) is 4.79 Å². The van der Waals surface area contributed by atoms with Crippen LogP contribution in [0.5, 0.6) is 5.75 Å². The molecule has 4 aromatic rings. The molecule has 1 atom stereocenters. The summed E-state index contributed by atoms with van der Waals surface area (Å²) >= 11 is 0. The largest absolute Gasteiger partial charge is 0.471 e. The molecule has 2 aromatic carbocycles. The third-order valence-corrected chi connectivity index (χ3v) is 4.60. The lowest BCUT2D eigenvalue weighted by Crippen LogP contribution is -2.27. The molecule has 7 nitrogen and oxygen atoms in total. The van der Waals surface area contributed by atoms with Crippen LogP contribution in [-0.4, -0.2) is 20.7 Å². The van der Waals surface area contributed by atoms with Crippen LogP contribution < -0.4 is 10.1 Å². The molecule has 2 heterocycles. The number of ether oxygens (including phenoxy) is 1. The Kier molecular flexibility index (Phi) is 5.03. The highest BCUT2D eigenvalue weighted by Gasteiger charge is 2.18. The van der Waals surface area contributed by atoms with E-state index in [1.165, 1.54) is 0 Å². The number of benzene rings is 2. The summed E-state index contributed by atoms with van der Waals surface area (Å²) in [7, 11) is 0. The van der Waals surface area contributed by atoms with Gasteiger partial charge in [0.2, 0.25) is 5.89 Å². The number of hydrogen-bond acceptors (Lipinski definition) is 5. The molecule has 2 aromatic heterocycles. The van der Waals surface area contributed by atoms with E-state index in [9.17, 15) is 4.79 Å². The van der Waals surface area contributed by atoms with E-state index in [4.69, 9.17) is 9.15 Å². The van der Waals surface area contributed by atoms with E-state index in [1.807, 2.05) is 63.2 Å². The first-order valence-corrected chi connectivity index (χ1v) is 9.39. The average Bonchev–Trinajstić information content (AvgIpc) is 3.35. The summed E-state index contributed by atoms with van der Waals surface area (Å²) in [6, 6.07) is 14.8. The Morgan fingerprint density at radius 2 is 2.03 bits per heavy atom. The van der Waals surface area contributed by atoms with Crippen LogP contribution in [0.1, 0.15) is 40.5 Å². The molecule has 4 rings (SSSR count). The minimum atomic E-state index is -0.383. The molecule has 1 N–H and O–H groups in total. The second-order valence-electron chi connectivity index (χ2n) is 7.00. The number of carbonyl (C=O) groups excluding carboxylic acids is 1. The number of aromatic nitrogens is 3. The van der Waals surface area contributed by atoms with Gasteiger partial charge in [0.25, 0.3) is 5.91 Å². The Morgan fingerprint density at radius 1 is 1.21 bits per heavy atom. The van der Waals surface area contributed by atoms with Crippen molar-refractivity contribution in [3.63, 3.8) is 0 Å². The molecule has 0 aliphatic rings. The molecule has 148 valence electrons. The van der Waals surface area contributed by atoms with Gasteiger partial charge in [-0.1, -0.05) is 24.3 Å². The average molecular weight is 390 g/mol. The standard InChI is InChI=1S/C22H22N4O3/c1-14-8-9-15(2)20(12-14)28-13-26-11-10-18(25-26)21(27)23-16(3)22-24-17-6-4-5-7-19(17)29-22/h4-12,16H,13H2,1-3H3,(H,23,27). The molecule has 0 fully saturated rings. The molecular weight excluding hydrogens is 368 g/mol. The summed E-state index contributed by atoms with van der Waals surface area (Å²) in [6.07, 6.45) is 1.71. The highest BCUT2D eigenvalue weighted by atomic mass is 16.5. The van der Waals surface area contributed by atoms with Crippen LogP contribution in [0.2, 0.25) is 0 Å². The van der Waals surface area contributed by atoms with E-state index in [2.05, 4.69) is 15.4 Å². The fourth-order valence-electron chi connectivity index (χ4n) is 2.96. The van der Waals surface area contributed by atoms with Crippen molar-refractivity contribution in [3.05, 3.63) is 77.4 Å². The minimum absolute atomic E-state index is 0.220. The SMILES string of the molecule is Cc1ccc(C)c(OCn2ccc(C(=O)NC(C)c3nc4ccccc4o3)n2)c1. The predicted molar refractivity (Wildman–Crippen MR) is 109 cm³/mol. The van der Waals surface area contributed by atoms with Crippen molar-refractivity contribution in [1.82, 2.24) is 20.1 Å². The quantitative estimate of drug-likeness (QED) is 0.534. The number of nitrogens with one attached hydrogen (secondary N) is 1. The predicted octanol–water partition coefficient (Wildman–Crippen LogP) is 4.17. The Morgan fingerprint density at radius 3 is 2.86 bits per heavy atom. The number of rotatable bonds is 6. The first-order chi connectivity index (χ1) is 14.0. The van der Waals surface area contributed by atoms with E-state index in [1.54, 1.807) is 16.9 Å². The third kappa shape index (κ3) is 4.13. The second kappa shape index (κ2) is 7.79. The number of hydrogen-bond donors (Lipinski definition) is 1. The molecule has 0 saturated carbocycles. The van der Waals surface area contributed by atoms with E-state index in [0.717, 1.165) is 22.4 Å². The van der Waals surface area contributed by atoms with Gasteiger partial charge in [-0.15, -0.1) is 0 Å². The Hall–Kier alpha value is -3.61. The Bertz CT molecular complexity index is 1130. The van der Waals surface area contributed by atoms with Crippen LogP contribution in [0, 0.1) is 13.8 Å². The van der Waals surface area contributed by atoms with Crippen LogP contribution in [-0.2, 0) is 6.73 Å². The number of para-hydroxylation sites is 2. The monoisotopic (exact) mass is 390 g/mol. The topological polar surface area (TPSA) is 82.2 Å². The van der Waals surface area contributed by atoms with Crippen molar-refractivity contribution in [2.75, 3.05) is 0 Å². The number of oxazole rings is 1. The zero-order valence-corrected chi connectivity index (χ0v) is 16.5. The number of carbonyl (C=O) groups is 1. The fourth-order valence-corrected chi connectivity index (χ4v) is 2.96. The lowest BCUT2D eigenvalue weighted by molar-refractivity contribution is 0.0927. The van der Waals surface area contributed by atoms with Crippen molar-refractivity contribution in [3.8, 4) is 5.75 Å². The summed E-state index contributed by atoms with van der Waals surface area (Å²) in [4.78, 5) is 16.9. The van der Waals surface area contributed by atoms with Crippen molar-refractivity contribution >= 4 is 17.0 Å². The molecule has 1 amide bonds. The third-order valence-electron chi connectivity index (χ3n) is 4.60. The Balaban J connectivity index is 1.39. The molecule has 0 aliphatic carbocycles. The van der Waals surface area contributed by atoms with Crippen molar-refractivity contribution in [1.29, 1.82) is 0 Å². The van der Waals surface area contributed by atoms with Crippen LogP contribution in [0.25, 0.3) is 11.1 Å². The summed E-state index contributed by atoms with van der Waals surface area (Å²) in [5.74, 6) is 0.957. The van der Waals surface area contributed by atoms with Gasteiger partial charge < -0.3 is 14.5 Å². The van der Waals surface area contributed by atoms with E-state index < -0.39 is 0 Å². The molecule has 1 unspecified atom stereocenters. The van der Waals surface area contributed by atoms with Crippen LogP contribution in [0.4, 0.5) is 0 Å². The van der Waals surface area contributed by atoms with Gasteiger partial charge in [-0.2, -0.15) is 5.10 Å². The lowest BCUT2D eigenvalue weighted by atomic mass is 10.1. The van der Waals surface area contributed by atoms with Crippen LogP contribution in [0.3, 0.4) is 0 Å². The van der Waals surface area contributed by atoms with Gasteiger partial charge in [-0.05, 0) is 56.2 Å². The maximum Gasteiger partial charge on any atom is 0.272 e. The minimum Gasteiger partial charge on any atom is -0.471 e. The van der Waals surface area contributed by atoms with Gasteiger partial charge in [0.1, 0.15) is 23.0 Å². The molecular formula is C22H22N4O3. The molecule has 7 heteroatoms. The first kappa shape index (κ1) is 18.7.